The van der Waals surface area contributed by atoms with E-state index in [0.29, 0.717) is 36.8 Å². The largest absolute Gasteiger partial charge is 0.370 e. The second kappa shape index (κ2) is 39.9. The molecule has 0 unspecified atom stereocenters. The van der Waals surface area contributed by atoms with Gasteiger partial charge >= 0.3 is 0 Å². The summed E-state index contributed by atoms with van der Waals surface area (Å²) in [7, 11) is 0. The van der Waals surface area contributed by atoms with Crippen molar-refractivity contribution in [2.75, 3.05) is 26.2 Å². The molecule has 1 aliphatic rings. The molecule has 0 radical (unpaired) electrons. The van der Waals surface area contributed by atoms with Gasteiger partial charge in [-0.05, 0) is 86.8 Å². The van der Waals surface area contributed by atoms with E-state index in [1.807, 2.05) is 0 Å². The van der Waals surface area contributed by atoms with Crippen LogP contribution in [0.5, 0.6) is 0 Å². The lowest BCUT2D eigenvalue weighted by Gasteiger charge is -2.31. The first-order chi connectivity index (χ1) is 43.2. The monoisotopic (exact) mass is 1270 g/mol. The van der Waals surface area contributed by atoms with E-state index in [-0.39, 0.29) is 89.3 Å². The maximum atomic E-state index is 14.9. The second-order valence-corrected chi connectivity index (χ2v) is 23.3. The molecule has 24 N–H and O–H groups in total. The Morgan fingerprint density at radius 1 is 0.484 bits per heavy atom. The Kier molecular flexibility index (Phi) is 33.5. The van der Waals surface area contributed by atoms with Gasteiger partial charge in [0.05, 0.1) is 6.04 Å². The summed E-state index contributed by atoms with van der Waals surface area (Å²) in [6, 6.07) is 3.53. The van der Waals surface area contributed by atoms with E-state index in [9.17, 15) is 52.7 Å². The van der Waals surface area contributed by atoms with E-state index in [4.69, 9.17) is 40.1 Å². The number of unbranched alkanes of at least 4 members (excludes halogenated alkanes) is 1. The van der Waals surface area contributed by atoms with Gasteiger partial charge in [0.2, 0.25) is 65.0 Å². The zero-order chi connectivity index (χ0) is 67.7. The molecule has 0 saturated carbocycles. The normalized spacial score (nSPS) is 24.4. The zero-order valence-corrected chi connectivity index (χ0v) is 53.2. The number of carbonyl (C=O) groups excluding carboxylic acids is 11. The molecule has 1 aliphatic heterocycles. The van der Waals surface area contributed by atoms with Crippen molar-refractivity contribution in [2.24, 2.45) is 67.9 Å². The highest BCUT2D eigenvalue weighted by molar-refractivity contribution is 5.99. The van der Waals surface area contributed by atoms with Crippen LogP contribution in [-0.2, 0) is 65.6 Å². The van der Waals surface area contributed by atoms with Gasteiger partial charge in [-0.3, -0.25) is 62.7 Å². The summed E-state index contributed by atoms with van der Waals surface area (Å²) in [4.78, 5) is 165. The number of rotatable bonds is 22. The third-order valence-corrected chi connectivity index (χ3v) is 15.6. The minimum atomic E-state index is -1.50. The van der Waals surface area contributed by atoms with Gasteiger partial charge in [0.25, 0.3) is 0 Å². The lowest BCUT2D eigenvalue weighted by Crippen LogP contribution is -2.62. The fraction of sp³-hybridized carbons (Fsp3) is 0.590. The maximum absolute atomic E-state index is 14.9. The highest BCUT2D eigenvalue weighted by atomic mass is 16.2. The number of primary amides is 1. The summed E-state index contributed by atoms with van der Waals surface area (Å²) in [6.45, 7) is 10.0. The van der Waals surface area contributed by atoms with Crippen LogP contribution in [0, 0.1) is 17.8 Å². The Morgan fingerprint density at radius 2 is 0.857 bits per heavy atom. The molecule has 1 saturated heterocycles. The van der Waals surface area contributed by atoms with Crippen LogP contribution in [0.15, 0.2) is 70.6 Å². The van der Waals surface area contributed by atoms with Crippen molar-refractivity contribution in [3.05, 3.63) is 71.8 Å². The number of nitrogens with zero attached hydrogens (tertiary/aromatic N) is 2. The van der Waals surface area contributed by atoms with Gasteiger partial charge in [-0.25, -0.2) is 0 Å². The first-order valence-corrected chi connectivity index (χ1v) is 31.1. The average molecular weight is 1270 g/mol. The van der Waals surface area contributed by atoms with Crippen LogP contribution in [0.3, 0.4) is 0 Å². The Hall–Kier alpha value is -8.93. The lowest BCUT2D eigenvalue weighted by atomic mass is 9.94. The summed E-state index contributed by atoms with van der Waals surface area (Å²) in [5.41, 5.74) is 41.5. The Balaban J connectivity index is 2.27. The summed E-state index contributed by atoms with van der Waals surface area (Å²) in [5.74, 6) is -11.3. The summed E-state index contributed by atoms with van der Waals surface area (Å²) >= 11 is 0. The molecule has 91 heavy (non-hydrogen) atoms. The summed E-state index contributed by atoms with van der Waals surface area (Å²) in [6.07, 6.45) is 0.650. The van der Waals surface area contributed by atoms with Crippen molar-refractivity contribution in [3.63, 3.8) is 0 Å². The van der Waals surface area contributed by atoms with E-state index in [1.165, 1.54) is 0 Å². The SMILES string of the molecule is CC[C@H](C)[C@@H]1NC(=O)[C@H](CCCN=C(N)N)NC(=O)[C@H](Cc2ccccc2)NC(=O)[C@H](CCCCN)NC(=O)[C@H](Cc2ccccc2)NC(=O)[C@H](CCCN=C(N)N)NC(=O)[C@@H](N)CCC(=O)NC[C@@H](C(N)=O)NC(=O)[C@H]([C@@H](C)CC)NC(=O)[C@H](C(C)C)NC1=O. The lowest BCUT2D eigenvalue weighted by molar-refractivity contribution is -0.137. The van der Waals surface area contributed by atoms with E-state index in [0.717, 1.165) is 0 Å². The van der Waals surface area contributed by atoms with Gasteiger partial charge in [-0.15, -0.1) is 0 Å². The Bertz CT molecular complexity index is 2780. The van der Waals surface area contributed by atoms with Crippen molar-refractivity contribution >= 4 is 76.9 Å². The molecule has 12 atom stereocenters. The van der Waals surface area contributed by atoms with Crippen molar-refractivity contribution in [1.82, 2.24) is 53.2 Å². The predicted octanol–water partition coefficient (Wildman–Crippen LogP) is -3.46. The summed E-state index contributed by atoms with van der Waals surface area (Å²) in [5, 5.41) is 27.0. The van der Waals surface area contributed by atoms with Gasteiger partial charge < -0.3 is 93.3 Å². The molecule has 2 aromatic carbocycles. The van der Waals surface area contributed by atoms with Crippen molar-refractivity contribution < 1.29 is 52.7 Å². The van der Waals surface area contributed by atoms with Crippen molar-refractivity contribution in [3.8, 4) is 0 Å². The zero-order valence-electron chi connectivity index (χ0n) is 53.2. The third kappa shape index (κ3) is 27.4. The molecule has 0 aliphatic carbocycles. The van der Waals surface area contributed by atoms with E-state index in [2.05, 4.69) is 63.2 Å². The molecular formula is C61H99N19O11. The Labute approximate surface area is 532 Å². The third-order valence-electron chi connectivity index (χ3n) is 15.6. The van der Waals surface area contributed by atoms with Gasteiger partial charge in [0, 0.05) is 38.9 Å². The molecule has 0 bridgehead atoms. The number of amides is 11. The van der Waals surface area contributed by atoms with Crippen LogP contribution in [0.2, 0.25) is 0 Å². The molecule has 0 aromatic heterocycles. The van der Waals surface area contributed by atoms with Crippen LogP contribution in [0.25, 0.3) is 0 Å². The van der Waals surface area contributed by atoms with Crippen molar-refractivity contribution in [1.29, 1.82) is 0 Å². The van der Waals surface area contributed by atoms with Gasteiger partial charge in [0.1, 0.15) is 54.4 Å². The molecule has 2 aromatic rings. The number of carbonyl (C=O) groups is 11. The first kappa shape index (κ1) is 76.3. The second-order valence-electron chi connectivity index (χ2n) is 23.3. The van der Waals surface area contributed by atoms with Crippen LogP contribution in [-0.4, -0.2) is 163 Å². The van der Waals surface area contributed by atoms with E-state index >= 15 is 0 Å². The molecule has 30 heteroatoms. The highest BCUT2D eigenvalue weighted by Gasteiger charge is 2.38. The van der Waals surface area contributed by atoms with E-state index in [1.54, 1.807) is 102 Å². The minimum absolute atomic E-state index is 0.00718. The van der Waals surface area contributed by atoms with Crippen LogP contribution in [0.1, 0.15) is 123 Å². The number of aliphatic imine (C=N–C) groups is 2. The minimum Gasteiger partial charge on any atom is -0.370 e. The smallest absolute Gasteiger partial charge is 0.243 e. The Morgan fingerprint density at radius 3 is 1.27 bits per heavy atom. The van der Waals surface area contributed by atoms with Crippen LogP contribution in [0.4, 0.5) is 0 Å². The predicted molar refractivity (Wildman–Crippen MR) is 344 cm³/mol. The standard InChI is InChI=1S/C61H99N19O11/c1-7-35(5)48-58(90)77-45(50(64)82)33-71-46(81)27-26-39(63)51(83)72-41(24-17-29-69-60(65)66)53(85)76-43(31-37-19-11-9-12-20-37)55(87)73-40(23-15-16-28-62)52(84)75-44(32-38-21-13-10-14-22-38)56(88)74-42(25-18-30-70-61(67)68)54(86)79-49(36(6)8-2)59(91)78-47(34(3)4)57(89)80-48/h9-14,19-22,34-36,39-45,47-49H,7-8,15-18,23-33,62-63H2,1-6H3,(H2,64,82)(H,71,81)(H,72,83)(H,73,87)(H,74,88)(H,75,84)(H,76,85)(H,77,90)(H,78,91)(H,79,86)(H,80,89)(H4,65,66,69)(H4,67,68,70)/t35-,36-,39-,40-,41-,42-,43-,44-,45-,47-,48-,49-/m0/s1. The number of nitrogens with two attached hydrogens (primary N) is 7. The number of nitrogens with one attached hydrogen (secondary N) is 10. The topological polar surface area (TPSA) is 515 Å². The molecule has 11 amide bonds. The van der Waals surface area contributed by atoms with Gasteiger partial charge in [-0.2, -0.15) is 0 Å². The van der Waals surface area contributed by atoms with Crippen LogP contribution < -0.4 is 93.3 Å². The van der Waals surface area contributed by atoms with Crippen LogP contribution >= 0.6 is 0 Å². The molecule has 1 fully saturated rings. The fourth-order valence-electron chi connectivity index (χ4n) is 9.68. The van der Waals surface area contributed by atoms with Crippen molar-refractivity contribution in [2.45, 2.75) is 185 Å². The van der Waals surface area contributed by atoms with E-state index < -0.39 is 150 Å². The fourth-order valence-corrected chi connectivity index (χ4v) is 9.68. The highest BCUT2D eigenvalue weighted by Crippen LogP contribution is 2.16. The molecule has 504 valence electrons. The number of hydrogen-bond donors (Lipinski definition) is 17. The van der Waals surface area contributed by atoms with Gasteiger partial charge in [0.15, 0.2) is 11.9 Å². The summed E-state index contributed by atoms with van der Waals surface area (Å²) < 4.78 is 0. The average Bonchev–Trinajstić information content (AvgIpc) is 1.11. The number of guanidine groups is 2. The maximum Gasteiger partial charge on any atom is 0.243 e. The number of benzene rings is 2. The first-order valence-electron chi connectivity index (χ1n) is 31.1. The molecule has 30 nitrogen and oxygen atoms in total. The molecule has 3 rings (SSSR count). The van der Waals surface area contributed by atoms with Gasteiger partial charge in [-0.1, -0.05) is 115 Å². The molecule has 0 spiro atoms. The quantitative estimate of drug-likeness (QED) is 0.0310. The number of hydrogen-bond acceptors (Lipinski definition) is 15. The molecule has 1 heterocycles. The molecular weight excluding hydrogens is 1170 g/mol.